The maximum Gasteiger partial charge on any atom is 0.0537 e. The van der Waals surface area contributed by atoms with E-state index in [0.29, 0.717) is 11.6 Å². The van der Waals surface area contributed by atoms with E-state index in [2.05, 4.69) is 19.6 Å². The molecular weight excluding hydrogens is 239 g/mol. The molecule has 0 bridgehead atoms. The molecule has 0 spiro atoms. The molecule has 0 N–H and O–H groups in total. The van der Waals surface area contributed by atoms with Gasteiger partial charge in [0.2, 0.25) is 0 Å². The zero-order chi connectivity index (χ0) is 10.9. The summed E-state index contributed by atoms with van der Waals surface area (Å²) in [5.74, 6) is 0. The molecule has 0 aromatic carbocycles. The number of allylic oxidation sites excluding steroid dienone is 1. The van der Waals surface area contributed by atoms with E-state index < -0.39 is 12.5 Å². The lowest BCUT2D eigenvalue weighted by atomic mass is 10.4. The molecule has 0 aliphatic rings. The highest BCUT2D eigenvalue weighted by Crippen LogP contribution is 2.15. The van der Waals surface area contributed by atoms with Crippen LogP contribution in [0.4, 0.5) is 0 Å². The normalized spacial score (nSPS) is 19.1. The van der Waals surface area contributed by atoms with Gasteiger partial charge in [0.15, 0.2) is 0 Å². The summed E-state index contributed by atoms with van der Waals surface area (Å²) >= 11 is 1.65. The van der Waals surface area contributed by atoms with Crippen molar-refractivity contribution in [2.75, 3.05) is 4.38 Å². The molecule has 0 radical (unpaired) electrons. The van der Waals surface area contributed by atoms with Gasteiger partial charge in [0.25, 0.3) is 0 Å². The molecule has 0 saturated carbocycles. The van der Waals surface area contributed by atoms with Gasteiger partial charge in [-0.3, -0.25) is 0 Å². The van der Waals surface area contributed by atoms with Crippen molar-refractivity contribution < 1.29 is 5.48 Å². The number of hydrogen-bond donors (Lipinski definition) is 0. The quantitative estimate of drug-likeness (QED) is 0.315. The largest absolute Gasteiger partial charge is 0.0994 e. The topological polar surface area (TPSA) is 0 Å². The Morgan fingerprint density at radius 1 is 1.78 bits per heavy atom. The lowest BCUT2D eigenvalue weighted by molar-refractivity contribution is 1.36. The second-order valence-electron chi connectivity index (χ2n) is 3.31. The van der Waals surface area contributed by atoms with Crippen LogP contribution < -0.4 is 0 Å². The van der Waals surface area contributed by atoms with Crippen LogP contribution in [0.1, 0.15) is 5.48 Å². The summed E-state index contributed by atoms with van der Waals surface area (Å²) in [7, 11) is -1.44. The van der Waals surface area contributed by atoms with Gasteiger partial charge in [-0.25, -0.2) is 0 Å². The van der Waals surface area contributed by atoms with Gasteiger partial charge in [0, 0.05) is 15.2 Å². The minimum atomic E-state index is -1.54. The smallest absolute Gasteiger partial charge is 0.0537 e. The Kier molecular flexibility index (Phi) is 1.90. The molecule has 0 aliphatic heterocycles. The van der Waals surface area contributed by atoms with Crippen molar-refractivity contribution in [2.24, 2.45) is 0 Å². The zero-order valence-electron chi connectivity index (χ0n) is 10.1. The van der Waals surface area contributed by atoms with Crippen molar-refractivity contribution in [3.8, 4) is 0 Å². The SMILES string of the molecule is [2H]C([2H])=C(C[Si](C)(C)C)C([2H])([2H])I. The Labute approximate surface area is 78.5 Å². The lowest BCUT2D eigenvalue weighted by Crippen LogP contribution is -2.19. The Hall–Kier alpha value is 0.687. The van der Waals surface area contributed by atoms with Gasteiger partial charge in [-0.1, -0.05) is 54.3 Å². The van der Waals surface area contributed by atoms with Crippen LogP contribution in [-0.2, 0) is 0 Å². The molecule has 2 heteroatoms. The Morgan fingerprint density at radius 3 is 2.44 bits per heavy atom. The van der Waals surface area contributed by atoms with Crippen LogP contribution in [0.2, 0.25) is 25.7 Å². The first-order valence-electron chi connectivity index (χ1n) is 4.90. The van der Waals surface area contributed by atoms with E-state index in [1.165, 1.54) is 0 Å². The summed E-state index contributed by atoms with van der Waals surface area (Å²) in [5.41, 5.74) is 0.326. The molecule has 0 amide bonds. The van der Waals surface area contributed by atoms with E-state index in [0.717, 1.165) is 0 Å². The number of halogens is 1. The van der Waals surface area contributed by atoms with E-state index >= 15 is 0 Å². The Morgan fingerprint density at radius 2 is 2.33 bits per heavy atom. The third kappa shape index (κ3) is 6.57. The first-order valence-corrected chi connectivity index (χ1v) is 7.68. The van der Waals surface area contributed by atoms with Crippen molar-refractivity contribution in [3.05, 3.63) is 12.1 Å². The summed E-state index contributed by atoms with van der Waals surface area (Å²) in [6, 6.07) is 0.589. The molecule has 9 heavy (non-hydrogen) atoms. The summed E-state index contributed by atoms with van der Waals surface area (Å²) in [5, 5.41) is 0. The van der Waals surface area contributed by atoms with Gasteiger partial charge in [-0.05, 0) is 6.04 Å². The van der Waals surface area contributed by atoms with Gasteiger partial charge in [-0.2, -0.15) is 0 Å². The van der Waals surface area contributed by atoms with Crippen molar-refractivity contribution >= 4 is 30.7 Å². The summed E-state index contributed by atoms with van der Waals surface area (Å²) in [4.78, 5) is 0. The van der Waals surface area contributed by atoms with Crippen LogP contribution in [0.3, 0.4) is 0 Å². The van der Waals surface area contributed by atoms with Gasteiger partial charge in [0.05, 0.1) is 2.74 Å². The van der Waals surface area contributed by atoms with Gasteiger partial charge in [0.1, 0.15) is 0 Å². The molecule has 0 fully saturated rings. The van der Waals surface area contributed by atoms with Crippen molar-refractivity contribution in [1.82, 2.24) is 0 Å². The maximum atomic E-state index is 7.48. The van der Waals surface area contributed by atoms with E-state index in [1.807, 2.05) is 0 Å². The fraction of sp³-hybridized carbons (Fsp3) is 0.714. The molecule has 54 valence electrons. The maximum absolute atomic E-state index is 7.48. The highest BCUT2D eigenvalue weighted by atomic mass is 127. The second kappa shape index (κ2) is 3.76. The zero-order valence-corrected chi connectivity index (χ0v) is 9.24. The first kappa shape index (κ1) is 4.54. The molecule has 0 rings (SSSR count). The van der Waals surface area contributed by atoms with Crippen molar-refractivity contribution in [1.29, 1.82) is 0 Å². The van der Waals surface area contributed by atoms with E-state index in [-0.39, 0.29) is 6.53 Å². The van der Waals surface area contributed by atoms with E-state index in [1.54, 1.807) is 22.6 Å². The Balaban J connectivity index is 4.80. The van der Waals surface area contributed by atoms with Crippen LogP contribution in [0.5, 0.6) is 0 Å². The summed E-state index contributed by atoms with van der Waals surface area (Å²) in [6.45, 7) is 5.97. The average molecular weight is 258 g/mol. The molecule has 0 unspecified atom stereocenters. The van der Waals surface area contributed by atoms with Gasteiger partial charge < -0.3 is 0 Å². The molecule has 0 heterocycles. The molecular formula is C7H15ISi. The number of rotatable bonds is 3. The number of hydrogen-bond acceptors (Lipinski definition) is 0. The second-order valence-corrected chi connectivity index (χ2v) is 9.32. The van der Waals surface area contributed by atoms with Crippen LogP contribution in [0.15, 0.2) is 12.1 Å². The predicted molar refractivity (Wildman–Crippen MR) is 56.2 cm³/mol. The molecule has 0 saturated heterocycles. The fourth-order valence-corrected chi connectivity index (χ4v) is 2.26. The standard InChI is InChI=1S/C7H15ISi/c1-7(5-8)6-9(2,3)4/h1,5-6H2,2-4H3/i1D2,5D2. The minimum absolute atomic E-state index is 0.326. The summed E-state index contributed by atoms with van der Waals surface area (Å²) in [6.07, 6.45) is 0. The Bertz CT molecular complexity index is 210. The summed E-state index contributed by atoms with van der Waals surface area (Å²) < 4.78 is 27.8. The third-order valence-corrected chi connectivity index (χ3v) is 2.89. The molecule has 0 nitrogen and oxygen atoms in total. The predicted octanol–water partition coefficient (Wildman–Crippen LogP) is 3.32. The highest BCUT2D eigenvalue weighted by molar-refractivity contribution is 14.1. The highest BCUT2D eigenvalue weighted by Gasteiger charge is 2.13. The van der Waals surface area contributed by atoms with Crippen molar-refractivity contribution in [3.63, 3.8) is 0 Å². The van der Waals surface area contributed by atoms with Crippen LogP contribution in [0.25, 0.3) is 0 Å². The third-order valence-electron chi connectivity index (χ3n) is 0.821. The monoisotopic (exact) mass is 258 g/mol. The molecule has 0 aromatic heterocycles. The van der Waals surface area contributed by atoms with Crippen LogP contribution in [-0.4, -0.2) is 12.5 Å². The lowest BCUT2D eigenvalue weighted by Gasteiger charge is -2.15. The number of alkyl halides is 1. The fourth-order valence-electron chi connectivity index (χ4n) is 0.564. The molecule has 0 atom stereocenters. The van der Waals surface area contributed by atoms with E-state index in [4.69, 9.17) is 5.48 Å². The average Bonchev–Trinajstić information content (AvgIpc) is 1.77. The van der Waals surface area contributed by atoms with Gasteiger partial charge >= 0.3 is 0 Å². The molecule has 0 aromatic rings. The minimum Gasteiger partial charge on any atom is -0.0994 e. The van der Waals surface area contributed by atoms with Crippen LogP contribution in [0, 0.1) is 0 Å². The van der Waals surface area contributed by atoms with Gasteiger partial charge in [-0.15, -0.1) is 0 Å². The van der Waals surface area contributed by atoms with Crippen LogP contribution >= 0.6 is 22.6 Å². The van der Waals surface area contributed by atoms with Crippen molar-refractivity contribution in [2.45, 2.75) is 25.7 Å². The van der Waals surface area contributed by atoms with E-state index in [9.17, 15) is 0 Å². The molecule has 0 aliphatic carbocycles. The first-order chi connectivity index (χ1) is 5.54.